The van der Waals surface area contributed by atoms with Gasteiger partial charge in [0.25, 0.3) is 0 Å². The van der Waals surface area contributed by atoms with Crippen LogP contribution in [0.15, 0.2) is 30.4 Å². The molecule has 1 aliphatic carbocycles. The standard InChI is InChI=1S/C27H45NO2/c1-6-7-8-10-23-12-14-25(15-13-23)26-17-16-24(21(2)19-26)11-9-18-30-27(29)22(3)20-28(4)5/h16-17,19,23,25,27,29H,3,6-15,18,20H2,1-2,4-5H3. The maximum Gasteiger partial charge on any atom is 0.178 e. The van der Waals surface area contributed by atoms with E-state index < -0.39 is 6.29 Å². The van der Waals surface area contributed by atoms with Gasteiger partial charge in [-0.2, -0.15) is 0 Å². The third-order valence-corrected chi connectivity index (χ3v) is 6.64. The molecule has 0 aromatic heterocycles. The van der Waals surface area contributed by atoms with E-state index in [1.54, 1.807) is 0 Å². The van der Waals surface area contributed by atoms with Gasteiger partial charge in [-0.25, -0.2) is 0 Å². The van der Waals surface area contributed by atoms with Crippen LogP contribution in [-0.2, 0) is 11.2 Å². The van der Waals surface area contributed by atoms with E-state index in [1.165, 1.54) is 68.1 Å². The smallest absolute Gasteiger partial charge is 0.178 e. The number of likely N-dealkylation sites (N-methyl/N-ethyl adjacent to an activating group) is 1. The number of aliphatic hydroxyl groups is 1. The van der Waals surface area contributed by atoms with Gasteiger partial charge in [-0.15, -0.1) is 0 Å². The monoisotopic (exact) mass is 415 g/mol. The first-order valence-corrected chi connectivity index (χ1v) is 12.1. The second-order valence-electron chi connectivity index (χ2n) is 9.62. The van der Waals surface area contributed by atoms with Crippen LogP contribution < -0.4 is 0 Å². The van der Waals surface area contributed by atoms with E-state index in [4.69, 9.17) is 4.74 Å². The van der Waals surface area contributed by atoms with E-state index in [9.17, 15) is 5.11 Å². The Hall–Kier alpha value is -1.16. The molecule has 1 unspecified atom stereocenters. The lowest BCUT2D eigenvalue weighted by Crippen LogP contribution is -2.24. The van der Waals surface area contributed by atoms with E-state index in [1.807, 2.05) is 19.0 Å². The van der Waals surface area contributed by atoms with Crippen LogP contribution >= 0.6 is 0 Å². The zero-order chi connectivity index (χ0) is 21.9. The predicted molar refractivity (Wildman–Crippen MR) is 128 cm³/mol. The minimum absolute atomic E-state index is 0.552. The molecular weight excluding hydrogens is 370 g/mol. The van der Waals surface area contributed by atoms with Crippen molar-refractivity contribution in [3.8, 4) is 0 Å². The molecule has 1 aromatic carbocycles. The van der Waals surface area contributed by atoms with Crippen LogP contribution in [0.5, 0.6) is 0 Å². The highest BCUT2D eigenvalue weighted by molar-refractivity contribution is 5.33. The number of hydrogen-bond acceptors (Lipinski definition) is 3. The van der Waals surface area contributed by atoms with Crippen LogP contribution in [0.25, 0.3) is 0 Å². The van der Waals surface area contributed by atoms with Gasteiger partial charge in [0.15, 0.2) is 6.29 Å². The Morgan fingerprint density at radius 2 is 1.90 bits per heavy atom. The van der Waals surface area contributed by atoms with E-state index in [0.29, 0.717) is 18.7 Å². The SMILES string of the molecule is C=C(CN(C)C)C(O)OCCCc1ccc(C2CCC(CCCCC)CC2)cc1C. The summed E-state index contributed by atoms with van der Waals surface area (Å²) in [5, 5.41) is 10.0. The molecule has 0 amide bonds. The summed E-state index contributed by atoms with van der Waals surface area (Å²) in [5.41, 5.74) is 5.04. The van der Waals surface area contributed by atoms with Gasteiger partial charge >= 0.3 is 0 Å². The molecule has 1 aliphatic rings. The van der Waals surface area contributed by atoms with Gasteiger partial charge in [-0.1, -0.05) is 57.4 Å². The van der Waals surface area contributed by atoms with Crippen LogP contribution in [0.4, 0.5) is 0 Å². The van der Waals surface area contributed by atoms with Crippen molar-refractivity contribution in [3.05, 3.63) is 47.0 Å². The van der Waals surface area contributed by atoms with Crippen LogP contribution in [0.3, 0.4) is 0 Å². The average Bonchev–Trinajstić information content (AvgIpc) is 2.72. The van der Waals surface area contributed by atoms with E-state index in [-0.39, 0.29) is 0 Å². The molecule has 2 rings (SSSR count). The first-order valence-electron chi connectivity index (χ1n) is 12.1. The summed E-state index contributed by atoms with van der Waals surface area (Å²) in [6, 6.07) is 7.10. The Morgan fingerprint density at radius 3 is 2.53 bits per heavy atom. The van der Waals surface area contributed by atoms with Gasteiger partial charge in [0.2, 0.25) is 0 Å². The molecule has 0 saturated heterocycles. The highest BCUT2D eigenvalue weighted by Crippen LogP contribution is 2.38. The highest BCUT2D eigenvalue weighted by Gasteiger charge is 2.22. The van der Waals surface area contributed by atoms with Crippen molar-refractivity contribution in [1.82, 2.24) is 4.90 Å². The largest absolute Gasteiger partial charge is 0.364 e. The Kier molecular flexibility index (Phi) is 11.1. The maximum atomic E-state index is 10.0. The van der Waals surface area contributed by atoms with Crippen LogP contribution in [0.2, 0.25) is 0 Å². The summed E-state index contributed by atoms with van der Waals surface area (Å²) in [7, 11) is 3.92. The summed E-state index contributed by atoms with van der Waals surface area (Å²) >= 11 is 0. The molecule has 1 saturated carbocycles. The molecule has 0 aliphatic heterocycles. The molecule has 1 aromatic rings. The Balaban J connectivity index is 1.73. The Labute approximate surface area is 185 Å². The van der Waals surface area contributed by atoms with Crippen molar-refractivity contribution < 1.29 is 9.84 Å². The van der Waals surface area contributed by atoms with E-state index in [0.717, 1.165) is 24.7 Å². The predicted octanol–water partition coefficient (Wildman–Crippen LogP) is 6.23. The fourth-order valence-electron chi connectivity index (χ4n) is 4.78. The number of aliphatic hydroxyl groups excluding tert-OH is 1. The van der Waals surface area contributed by atoms with Crippen molar-refractivity contribution in [2.45, 2.75) is 90.3 Å². The third kappa shape index (κ3) is 8.53. The molecule has 0 heterocycles. The van der Waals surface area contributed by atoms with Crippen LogP contribution in [-0.4, -0.2) is 43.5 Å². The zero-order valence-corrected chi connectivity index (χ0v) is 20.0. The first-order chi connectivity index (χ1) is 14.4. The summed E-state index contributed by atoms with van der Waals surface area (Å²) in [5.74, 6) is 1.72. The minimum Gasteiger partial charge on any atom is -0.364 e. The van der Waals surface area contributed by atoms with E-state index >= 15 is 0 Å². The summed E-state index contributed by atoms with van der Waals surface area (Å²) < 4.78 is 5.56. The fourth-order valence-corrected chi connectivity index (χ4v) is 4.78. The highest BCUT2D eigenvalue weighted by atomic mass is 16.6. The Morgan fingerprint density at radius 1 is 1.17 bits per heavy atom. The maximum absolute atomic E-state index is 10.0. The van der Waals surface area contributed by atoms with Crippen molar-refractivity contribution in [1.29, 1.82) is 0 Å². The number of benzene rings is 1. The van der Waals surface area contributed by atoms with Gasteiger partial charge in [0.05, 0.1) is 6.61 Å². The first kappa shape index (κ1) is 25.1. The molecule has 3 nitrogen and oxygen atoms in total. The summed E-state index contributed by atoms with van der Waals surface area (Å²) in [6.45, 7) is 9.63. The summed E-state index contributed by atoms with van der Waals surface area (Å²) in [6.07, 6.45) is 12.2. The Bertz CT molecular complexity index is 632. The number of aryl methyl sites for hydroxylation is 2. The van der Waals surface area contributed by atoms with Crippen molar-refractivity contribution in [3.63, 3.8) is 0 Å². The molecule has 1 atom stereocenters. The number of hydrogen-bond donors (Lipinski definition) is 1. The molecule has 3 heteroatoms. The van der Waals surface area contributed by atoms with Crippen LogP contribution in [0, 0.1) is 12.8 Å². The molecule has 0 spiro atoms. The normalized spacial score (nSPS) is 20.5. The number of ether oxygens (including phenoxy) is 1. The van der Waals surface area contributed by atoms with Crippen molar-refractivity contribution in [2.24, 2.45) is 5.92 Å². The number of rotatable bonds is 13. The lowest BCUT2D eigenvalue weighted by molar-refractivity contribution is -0.0749. The number of unbranched alkanes of at least 4 members (excludes halogenated alkanes) is 2. The topological polar surface area (TPSA) is 32.7 Å². The molecule has 0 bridgehead atoms. The van der Waals surface area contributed by atoms with Crippen LogP contribution in [0.1, 0.15) is 87.3 Å². The van der Waals surface area contributed by atoms with Gasteiger partial charge in [-0.3, -0.25) is 0 Å². The van der Waals surface area contributed by atoms with Crippen molar-refractivity contribution >= 4 is 0 Å². The third-order valence-electron chi connectivity index (χ3n) is 6.64. The molecule has 170 valence electrons. The van der Waals surface area contributed by atoms with Gasteiger partial charge in [-0.05, 0) is 93.6 Å². The molecule has 30 heavy (non-hydrogen) atoms. The molecule has 1 N–H and O–H groups in total. The molecular formula is C27H45NO2. The quantitative estimate of drug-likeness (QED) is 0.235. The fraction of sp³-hybridized carbons (Fsp3) is 0.704. The zero-order valence-electron chi connectivity index (χ0n) is 20.0. The molecule has 1 fully saturated rings. The number of nitrogens with zero attached hydrogens (tertiary/aromatic N) is 1. The summed E-state index contributed by atoms with van der Waals surface area (Å²) in [4.78, 5) is 1.98. The lowest BCUT2D eigenvalue weighted by atomic mass is 9.76. The lowest BCUT2D eigenvalue weighted by Gasteiger charge is -2.29. The van der Waals surface area contributed by atoms with Gasteiger partial charge in [0, 0.05) is 6.54 Å². The second kappa shape index (κ2) is 13.3. The minimum atomic E-state index is -0.868. The van der Waals surface area contributed by atoms with Crippen molar-refractivity contribution in [2.75, 3.05) is 27.2 Å². The van der Waals surface area contributed by atoms with E-state index in [2.05, 4.69) is 38.6 Å². The van der Waals surface area contributed by atoms with Gasteiger partial charge in [0.1, 0.15) is 0 Å². The second-order valence-corrected chi connectivity index (χ2v) is 9.62. The average molecular weight is 416 g/mol. The van der Waals surface area contributed by atoms with Gasteiger partial charge < -0.3 is 14.7 Å². The molecule has 0 radical (unpaired) electrons.